The van der Waals surface area contributed by atoms with Gasteiger partial charge in [0, 0.05) is 14.9 Å². The minimum atomic E-state index is -0.272. The smallest absolute Gasteiger partial charge is 0.0754 e. The van der Waals surface area contributed by atoms with Gasteiger partial charge in [0.1, 0.15) is 0 Å². The first-order valence-electron chi connectivity index (χ1n) is 9.16. The Balaban J connectivity index is 1.87. The summed E-state index contributed by atoms with van der Waals surface area (Å²) in [5.41, 5.74) is 10.2. The molecule has 1 aliphatic heterocycles. The number of halogens is 1. The van der Waals surface area contributed by atoms with Gasteiger partial charge in [0.05, 0.1) is 5.41 Å². The second kappa shape index (κ2) is 5.46. The average Bonchev–Trinajstić information content (AvgIpc) is 2.99. The molecule has 0 bridgehead atoms. The molecule has 0 radical (unpaired) electrons. The van der Waals surface area contributed by atoms with Crippen LogP contribution in [0.15, 0.2) is 91.0 Å². The normalized spacial score (nSPS) is 14.7. The minimum Gasteiger partial charge on any atom is -0.355 e. The fraction of sp³-hybridized carbons (Fsp3) is 0.0400. The monoisotopic (exact) mass is 457 g/mol. The molecule has 0 amide bonds. The predicted molar refractivity (Wildman–Crippen MR) is 120 cm³/mol. The van der Waals surface area contributed by atoms with Crippen molar-refractivity contribution in [3.8, 4) is 11.1 Å². The molecule has 27 heavy (non-hydrogen) atoms. The van der Waals surface area contributed by atoms with Gasteiger partial charge in [-0.3, -0.25) is 0 Å². The van der Waals surface area contributed by atoms with Gasteiger partial charge in [0.25, 0.3) is 0 Å². The largest absolute Gasteiger partial charge is 0.355 e. The van der Waals surface area contributed by atoms with E-state index in [-0.39, 0.29) is 5.41 Å². The second-order valence-electron chi connectivity index (χ2n) is 7.20. The van der Waals surface area contributed by atoms with Crippen LogP contribution in [0, 0.1) is 3.57 Å². The Labute approximate surface area is 172 Å². The van der Waals surface area contributed by atoms with Gasteiger partial charge in [-0.1, -0.05) is 66.7 Å². The maximum absolute atomic E-state index is 3.67. The van der Waals surface area contributed by atoms with Crippen LogP contribution in [0.4, 0.5) is 11.4 Å². The van der Waals surface area contributed by atoms with Crippen LogP contribution >= 0.6 is 22.6 Å². The molecule has 128 valence electrons. The van der Waals surface area contributed by atoms with Gasteiger partial charge in [-0.05, 0) is 80.2 Å². The number of hydrogen-bond acceptors (Lipinski definition) is 1. The van der Waals surface area contributed by atoms with E-state index in [1.54, 1.807) is 0 Å². The van der Waals surface area contributed by atoms with Crippen LogP contribution in [0.2, 0.25) is 0 Å². The summed E-state index contributed by atoms with van der Waals surface area (Å²) in [4.78, 5) is 0. The zero-order valence-corrected chi connectivity index (χ0v) is 16.7. The van der Waals surface area contributed by atoms with E-state index in [1.165, 1.54) is 48.3 Å². The molecule has 0 atom stereocenters. The highest BCUT2D eigenvalue weighted by molar-refractivity contribution is 14.1. The van der Waals surface area contributed by atoms with E-state index in [2.05, 4.69) is 119 Å². The van der Waals surface area contributed by atoms with E-state index in [9.17, 15) is 0 Å². The number of rotatable bonds is 0. The highest BCUT2D eigenvalue weighted by Gasteiger charge is 2.49. The molecule has 1 nitrogen and oxygen atoms in total. The molecular formula is C25H16IN. The third-order valence-corrected chi connectivity index (χ3v) is 6.61. The Morgan fingerprint density at radius 3 is 1.81 bits per heavy atom. The van der Waals surface area contributed by atoms with Gasteiger partial charge in [0.2, 0.25) is 0 Å². The van der Waals surface area contributed by atoms with Crippen molar-refractivity contribution in [1.82, 2.24) is 0 Å². The maximum atomic E-state index is 3.67. The summed E-state index contributed by atoms with van der Waals surface area (Å²) in [6, 6.07) is 33.3. The van der Waals surface area contributed by atoms with Crippen LogP contribution in [0.25, 0.3) is 11.1 Å². The quantitative estimate of drug-likeness (QED) is 0.250. The predicted octanol–water partition coefficient (Wildman–Crippen LogP) is 6.71. The SMILES string of the molecule is Ic1ccc2c(c1)C1(c3ccccc3Nc3ccccc31)c1ccccc1-2. The summed E-state index contributed by atoms with van der Waals surface area (Å²) in [6.45, 7) is 0. The summed E-state index contributed by atoms with van der Waals surface area (Å²) in [6.07, 6.45) is 0. The van der Waals surface area contributed by atoms with Gasteiger partial charge in [-0.2, -0.15) is 0 Å². The van der Waals surface area contributed by atoms with Crippen molar-refractivity contribution in [1.29, 1.82) is 0 Å². The first-order chi connectivity index (χ1) is 13.3. The number of fused-ring (bicyclic) bond motifs is 9. The Kier molecular flexibility index (Phi) is 3.13. The van der Waals surface area contributed by atoms with Crippen molar-refractivity contribution in [2.45, 2.75) is 5.41 Å². The molecule has 0 saturated carbocycles. The number of nitrogens with one attached hydrogen (secondary N) is 1. The van der Waals surface area contributed by atoms with Crippen molar-refractivity contribution < 1.29 is 0 Å². The number of benzene rings is 4. The van der Waals surface area contributed by atoms with Crippen molar-refractivity contribution in [3.05, 3.63) is 117 Å². The molecule has 0 saturated heterocycles. The summed E-state index contributed by atoms with van der Waals surface area (Å²) in [5.74, 6) is 0. The fourth-order valence-electron chi connectivity index (χ4n) is 4.96. The highest BCUT2D eigenvalue weighted by atomic mass is 127. The zero-order chi connectivity index (χ0) is 18.0. The van der Waals surface area contributed by atoms with Crippen LogP contribution in [-0.4, -0.2) is 0 Å². The fourth-order valence-corrected chi connectivity index (χ4v) is 5.45. The molecule has 1 N–H and O–H groups in total. The van der Waals surface area contributed by atoms with Crippen LogP contribution in [0.5, 0.6) is 0 Å². The number of hydrogen-bond donors (Lipinski definition) is 1. The third-order valence-electron chi connectivity index (χ3n) is 5.94. The molecule has 1 heterocycles. The summed E-state index contributed by atoms with van der Waals surface area (Å²) < 4.78 is 1.27. The average molecular weight is 457 g/mol. The second-order valence-corrected chi connectivity index (χ2v) is 8.45. The number of anilines is 2. The molecule has 4 aromatic carbocycles. The van der Waals surface area contributed by atoms with Crippen molar-refractivity contribution in [2.24, 2.45) is 0 Å². The van der Waals surface area contributed by atoms with Gasteiger partial charge in [-0.25, -0.2) is 0 Å². The van der Waals surface area contributed by atoms with Crippen LogP contribution in [0.1, 0.15) is 22.3 Å². The summed E-state index contributed by atoms with van der Waals surface area (Å²) >= 11 is 2.44. The van der Waals surface area contributed by atoms with Gasteiger partial charge in [-0.15, -0.1) is 0 Å². The Morgan fingerprint density at radius 2 is 1.11 bits per heavy atom. The van der Waals surface area contributed by atoms with Gasteiger partial charge >= 0.3 is 0 Å². The molecule has 6 rings (SSSR count). The first-order valence-corrected chi connectivity index (χ1v) is 10.2. The van der Waals surface area contributed by atoms with E-state index in [1.807, 2.05) is 0 Å². The molecule has 1 spiro atoms. The Hall–Kier alpha value is -2.59. The lowest BCUT2D eigenvalue weighted by atomic mass is 9.65. The lowest BCUT2D eigenvalue weighted by molar-refractivity contribution is 0.762. The molecule has 0 aromatic heterocycles. The summed E-state index contributed by atoms with van der Waals surface area (Å²) in [5, 5.41) is 3.67. The van der Waals surface area contributed by atoms with E-state index in [4.69, 9.17) is 0 Å². The molecule has 2 aliphatic rings. The van der Waals surface area contributed by atoms with Crippen molar-refractivity contribution >= 4 is 34.0 Å². The summed E-state index contributed by atoms with van der Waals surface area (Å²) in [7, 11) is 0. The third kappa shape index (κ3) is 1.89. The molecular weight excluding hydrogens is 441 g/mol. The first kappa shape index (κ1) is 15.5. The van der Waals surface area contributed by atoms with Crippen molar-refractivity contribution in [3.63, 3.8) is 0 Å². The Bertz CT molecular complexity index is 1180. The van der Waals surface area contributed by atoms with Crippen molar-refractivity contribution in [2.75, 3.05) is 5.32 Å². The number of para-hydroxylation sites is 2. The molecule has 1 aliphatic carbocycles. The molecule has 4 aromatic rings. The van der Waals surface area contributed by atoms with Crippen LogP contribution in [0.3, 0.4) is 0 Å². The lowest BCUT2D eigenvalue weighted by Gasteiger charge is -2.40. The van der Waals surface area contributed by atoms with E-state index in [0.29, 0.717) is 0 Å². The van der Waals surface area contributed by atoms with E-state index < -0.39 is 0 Å². The lowest BCUT2D eigenvalue weighted by Crippen LogP contribution is -2.33. The zero-order valence-electron chi connectivity index (χ0n) is 14.5. The van der Waals surface area contributed by atoms with Gasteiger partial charge in [0.15, 0.2) is 0 Å². The van der Waals surface area contributed by atoms with E-state index in [0.717, 1.165) is 0 Å². The molecule has 2 heteroatoms. The van der Waals surface area contributed by atoms with Gasteiger partial charge < -0.3 is 5.32 Å². The maximum Gasteiger partial charge on any atom is 0.0754 e. The molecule has 0 unspecified atom stereocenters. The molecule has 0 fully saturated rings. The van der Waals surface area contributed by atoms with Crippen LogP contribution < -0.4 is 5.32 Å². The Morgan fingerprint density at radius 1 is 0.556 bits per heavy atom. The van der Waals surface area contributed by atoms with E-state index >= 15 is 0 Å². The topological polar surface area (TPSA) is 12.0 Å². The minimum absolute atomic E-state index is 0.272. The highest BCUT2D eigenvalue weighted by Crippen LogP contribution is 2.60. The van der Waals surface area contributed by atoms with Crippen LogP contribution in [-0.2, 0) is 5.41 Å². The standard InChI is InChI=1S/C25H16IN/c26-16-13-14-18-17-7-1-2-8-19(17)25(22(18)15-16)20-9-3-5-11-23(20)27-24-12-6-4-10-21(24)25/h1-15,27H.